The molecule has 0 aliphatic rings. The molecule has 94 valence electrons. The van der Waals surface area contributed by atoms with Crippen molar-refractivity contribution in [3.63, 3.8) is 0 Å². The number of ether oxygens (including phenoxy) is 1. The van der Waals surface area contributed by atoms with Gasteiger partial charge in [0.15, 0.2) is 0 Å². The first-order chi connectivity index (χ1) is 8.56. The molecule has 0 aliphatic carbocycles. The van der Waals surface area contributed by atoms with Crippen LogP contribution in [-0.2, 0) is 0 Å². The summed E-state index contributed by atoms with van der Waals surface area (Å²) in [5, 5.41) is 9.33. The molecule has 1 N–H and O–H groups in total. The number of hydrogen-bond acceptors (Lipinski definition) is 3. The molecule has 2 aromatic rings. The number of benzene rings is 1. The maximum absolute atomic E-state index is 13.1. The Kier molecular flexibility index (Phi) is 3.58. The van der Waals surface area contributed by atoms with Gasteiger partial charge in [-0.3, -0.25) is 4.98 Å². The van der Waals surface area contributed by atoms with Gasteiger partial charge in [0, 0.05) is 6.07 Å². The van der Waals surface area contributed by atoms with E-state index < -0.39 is 6.10 Å². The zero-order valence-corrected chi connectivity index (χ0v) is 10.2. The first-order valence-electron chi connectivity index (χ1n) is 5.64. The number of rotatable bonds is 3. The first-order valence-corrected chi connectivity index (χ1v) is 5.64. The molecule has 1 aromatic carbocycles. The third kappa shape index (κ3) is 2.84. The van der Waals surface area contributed by atoms with Gasteiger partial charge in [0.25, 0.3) is 0 Å². The molecule has 0 bridgehead atoms. The number of halogens is 1. The number of pyridine rings is 1. The lowest BCUT2D eigenvalue weighted by Gasteiger charge is -2.09. The molecule has 4 heteroatoms. The fourth-order valence-corrected chi connectivity index (χ4v) is 1.51. The van der Waals surface area contributed by atoms with Crippen molar-refractivity contribution in [2.24, 2.45) is 0 Å². The molecule has 0 unspecified atom stereocenters. The van der Waals surface area contributed by atoms with Crippen molar-refractivity contribution in [2.75, 3.05) is 0 Å². The van der Waals surface area contributed by atoms with Gasteiger partial charge >= 0.3 is 0 Å². The van der Waals surface area contributed by atoms with Crippen LogP contribution < -0.4 is 4.74 Å². The summed E-state index contributed by atoms with van der Waals surface area (Å²) in [6.07, 6.45) is 0.891. The summed E-state index contributed by atoms with van der Waals surface area (Å²) in [5.41, 5.74) is 1.41. The molecule has 0 saturated heterocycles. The summed E-state index contributed by atoms with van der Waals surface area (Å²) in [6.45, 7) is 3.48. The van der Waals surface area contributed by atoms with Crippen LogP contribution in [0.15, 0.2) is 36.5 Å². The normalized spacial score (nSPS) is 12.2. The fraction of sp³-hybridized carbons (Fsp3) is 0.214. The van der Waals surface area contributed by atoms with E-state index in [2.05, 4.69) is 4.98 Å². The quantitative estimate of drug-likeness (QED) is 0.904. The molecule has 0 spiro atoms. The van der Waals surface area contributed by atoms with E-state index in [9.17, 15) is 9.50 Å². The van der Waals surface area contributed by atoms with Gasteiger partial charge in [-0.2, -0.15) is 0 Å². The number of nitrogens with zero attached hydrogens (tertiary/aromatic N) is 1. The lowest BCUT2D eigenvalue weighted by molar-refractivity contribution is 0.194. The SMILES string of the molecule is Cc1ccc(F)cc1Oc1ccc([C@@H](C)O)nc1. The largest absolute Gasteiger partial charge is 0.455 e. The molecule has 18 heavy (non-hydrogen) atoms. The van der Waals surface area contributed by atoms with Crippen molar-refractivity contribution in [1.29, 1.82) is 0 Å². The highest BCUT2D eigenvalue weighted by Gasteiger charge is 2.05. The molecular formula is C14H14FNO2. The number of aryl methyl sites for hydroxylation is 1. The summed E-state index contributed by atoms with van der Waals surface area (Å²) < 4.78 is 18.6. The Morgan fingerprint density at radius 2 is 2.06 bits per heavy atom. The second-order valence-corrected chi connectivity index (χ2v) is 4.11. The van der Waals surface area contributed by atoms with E-state index in [0.717, 1.165) is 5.56 Å². The maximum atomic E-state index is 13.1. The number of aliphatic hydroxyl groups excluding tert-OH is 1. The summed E-state index contributed by atoms with van der Waals surface area (Å²) >= 11 is 0. The molecular weight excluding hydrogens is 233 g/mol. The second kappa shape index (κ2) is 5.14. The molecule has 0 radical (unpaired) electrons. The van der Waals surface area contributed by atoms with E-state index in [1.165, 1.54) is 18.3 Å². The van der Waals surface area contributed by atoms with Crippen molar-refractivity contribution in [2.45, 2.75) is 20.0 Å². The van der Waals surface area contributed by atoms with Crippen LogP contribution >= 0.6 is 0 Å². The van der Waals surface area contributed by atoms with Crippen LogP contribution in [0.5, 0.6) is 11.5 Å². The zero-order valence-electron chi connectivity index (χ0n) is 10.2. The van der Waals surface area contributed by atoms with Gasteiger partial charge in [-0.1, -0.05) is 6.07 Å². The minimum absolute atomic E-state index is 0.343. The molecule has 0 aliphatic heterocycles. The van der Waals surface area contributed by atoms with Crippen molar-refractivity contribution >= 4 is 0 Å². The highest BCUT2D eigenvalue weighted by molar-refractivity contribution is 5.36. The van der Waals surface area contributed by atoms with Crippen LogP contribution in [0.3, 0.4) is 0 Å². The van der Waals surface area contributed by atoms with Crippen LogP contribution in [0.25, 0.3) is 0 Å². The van der Waals surface area contributed by atoms with Gasteiger partial charge < -0.3 is 9.84 Å². The molecule has 1 atom stereocenters. The average molecular weight is 247 g/mol. The Balaban J connectivity index is 2.21. The average Bonchev–Trinajstić information content (AvgIpc) is 2.34. The van der Waals surface area contributed by atoms with E-state index in [0.29, 0.717) is 17.2 Å². The van der Waals surface area contributed by atoms with E-state index in [4.69, 9.17) is 4.74 Å². The minimum Gasteiger partial charge on any atom is -0.455 e. The van der Waals surface area contributed by atoms with Crippen molar-refractivity contribution in [3.8, 4) is 11.5 Å². The molecule has 0 fully saturated rings. The maximum Gasteiger partial charge on any atom is 0.145 e. The van der Waals surface area contributed by atoms with Gasteiger partial charge in [-0.15, -0.1) is 0 Å². The van der Waals surface area contributed by atoms with E-state index in [-0.39, 0.29) is 5.82 Å². The topological polar surface area (TPSA) is 42.4 Å². The van der Waals surface area contributed by atoms with Crippen LogP contribution in [0.1, 0.15) is 24.3 Å². The summed E-state index contributed by atoms with van der Waals surface area (Å²) in [5.74, 6) is 0.624. The van der Waals surface area contributed by atoms with Crippen LogP contribution in [0.2, 0.25) is 0 Å². The van der Waals surface area contributed by atoms with Gasteiger partial charge in [0.1, 0.15) is 17.3 Å². The third-order valence-electron chi connectivity index (χ3n) is 2.57. The van der Waals surface area contributed by atoms with Gasteiger partial charge in [-0.25, -0.2) is 4.39 Å². The minimum atomic E-state index is -0.616. The van der Waals surface area contributed by atoms with Crippen molar-refractivity contribution in [3.05, 3.63) is 53.6 Å². The molecule has 1 aromatic heterocycles. The second-order valence-electron chi connectivity index (χ2n) is 4.11. The fourth-order valence-electron chi connectivity index (χ4n) is 1.51. The monoisotopic (exact) mass is 247 g/mol. The summed E-state index contributed by atoms with van der Waals surface area (Å²) in [7, 11) is 0. The molecule has 0 saturated carbocycles. The number of aliphatic hydroxyl groups is 1. The molecule has 3 nitrogen and oxygen atoms in total. The predicted octanol–water partition coefficient (Wildman–Crippen LogP) is 3.37. The lowest BCUT2D eigenvalue weighted by Crippen LogP contribution is -1.95. The van der Waals surface area contributed by atoms with Gasteiger partial charge in [-0.05, 0) is 37.6 Å². The van der Waals surface area contributed by atoms with Crippen LogP contribution in [-0.4, -0.2) is 10.1 Å². The Bertz CT molecular complexity index is 538. The van der Waals surface area contributed by atoms with E-state index in [1.807, 2.05) is 6.92 Å². The molecule has 2 rings (SSSR count). The predicted molar refractivity (Wildman–Crippen MR) is 66.1 cm³/mol. The van der Waals surface area contributed by atoms with Crippen LogP contribution in [0, 0.1) is 12.7 Å². The van der Waals surface area contributed by atoms with Crippen LogP contribution in [0.4, 0.5) is 4.39 Å². The zero-order chi connectivity index (χ0) is 13.1. The first kappa shape index (κ1) is 12.5. The number of aromatic nitrogens is 1. The Morgan fingerprint density at radius 3 is 2.67 bits per heavy atom. The highest BCUT2D eigenvalue weighted by Crippen LogP contribution is 2.25. The Labute approximate surface area is 105 Å². The van der Waals surface area contributed by atoms with Gasteiger partial charge in [0.2, 0.25) is 0 Å². The summed E-state index contributed by atoms with van der Waals surface area (Å²) in [6, 6.07) is 7.74. The van der Waals surface area contributed by atoms with Crippen molar-refractivity contribution < 1.29 is 14.2 Å². The Hall–Kier alpha value is -1.94. The standard InChI is InChI=1S/C14H14FNO2/c1-9-3-4-11(15)7-14(9)18-12-5-6-13(10(2)17)16-8-12/h3-8,10,17H,1-2H3/t10-/m1/s1. The van der Waals surface area contributed by atoms with E-state index in [1.54, 1.807) is 25.1 Å². The third-order valence-corrected chi connectivity index (χ3v) is 2.57. The van der Waals surface area contributed by atoms with Crippen molar-refractivity contribution in [1.82, 2.24) is 4.98 Å². The lowest BCUT2D eigenvalue weighted by atomic mass is 10.2. The summed E-state index contributed by atoms with van der Waals surface area (Å²) in [4.78, 5) is 4.06. The molecule has 0 amide bonds. The molecule has 1 heterocycles. The highest BCUT2D eigenvalue weighted by atomic mass is 19.1. The van der Waals surface area contributed by atoms with E-state index >= 15 is 0 Å². The van der Waals surface area contributed by atoms with Gasteiger partial charge in [0.05, 0.1) is 18.0 Å². The Morgan fingerprint density at radius 1 is 1.28 bits per heavy atom. The number of hydrogen-bond donors (Lipinski definition) is 1. The smallest absolute Gasteiger partial charge is 0.145 e.